The quantitative estimate of drug-likeness (QED) is 0.641. The van der Waals surface area contributed by atoms with Gasteiger partial charge in [0.05, 0.1) is 30.4 Å². The minimum Gasteiger partial charge on any atom is -0.496 e. The van der Waals surface area contributed by atoms with Crippen molar-refractivity contribution >= 4 is 39.1 Å². The number of amides is 1. The number of benzene rings is 2. The second-order valence-corrected chi connectivity index (χ2v) is 8.47. The molecule has 0 bridgehead atoms. The molecule has 1 heterocycles. The first-order valence-corrected chi connectivity index (χ1v) is 10.3. The van der Waals surface area contributed by atoms with Crippen LogP contribution in [0, 0.1) is 0 Å². The second kappa shape index (κ2) is 8.90. The molecule has 1 unspecified atom stereocenters. The van der Waals surface area contributed by atoms with E-state index in [-0.39, 0.29) is 11.9 Å². The first-order valence-electron chi connectivity index (χ1n) is 9.14. The van der Waals surface area contributed by atoms with E-state index in [0.29, 0.717) is 18.1 Å². The predicted molar refractivity (Wildman–Crippen MR) is 114 cm³/mol. The number of fused-ring (bicyclic) bond motifs is 1. The number of hydrogen-bond acceptors (Lipinski definition) is 4. The fourth-order valence-corrected chi connectivity index (χ4v) is 4.36. The van der Waals surface area contributed by atoms with Gasteiger partial charge in [-0.2, -0.15) is 0 Å². The van der Waals surface area contributed by atoms with Crippen LogP contribution in [0.25, 0.3) is 10.2 Å². The molecule has 1 N–H and O–H groups in total. The lowest BCUT2D eigenvalue weighted by molar-refractivity contribution is -0.885. The molecule has 0 radical (unpaired) electrons. The van der Waals surface area contributed by atoms with Crippen LogP contribution in [0.4, 0.5) is 0 Å². The molecule has 1 amide bonds. The van der Waals surface area contributed by atoms with Gasteiger partial charge < -0.3 is 14.5 Å². The third kappa shape index (κ3) is 4.63. The van der Waals surface area contributed by atoms with Gasteiger partial charge in [0.25, 0.3) is 5.91 Å². The Bertz CT molecular complexity index is 942. The summed E-state index contributed by atoms with van der Waals surface area (Å²) in [6.45, 7) is 3.05. The smallest absolute Gasteiger partial charge is 0.278 e. The Morgan fingerprint density at radius 1 is 1.32 bits per heavy atom. The fourth-order valence-electron chi connectivity index (χ4n) is 3.11. The van der Waals surface area contributed by atoms with Crippen LogP contribution < -0.4 is 9.64 Å². The second-order valence-electron chi connectivity index (χ2n) is 6.97. The summed E-state index contributed by atoms with van der Waals surface area (Å²) < 4.78 is 6.54. The average molecular weight is 419 g/mol. The van der Waals surface area contributed by atoms with E-state index in [4.69, 9.17) is 16.3 Å². The highest BCUT2D eigenvalue weighted by Gasteiger charge is 2.23. The van der Waals surface area contributed by atoms with Crippen molar-refractivity contribution in [1.29, 1.82) is 0 Å². The SMILES string of the molecule is COc1ccc(Cl)cc1C[NH+](C)CC(=O)N(C)[C@H](C)c1nc2ccccc2s1. The first kappa shape index (κ1) is 20.6. The van der Waals surface area contributed by atoms with Crippen LogP contribution in [0.15, 0.2) is 42.5 Å². The highest BCUT2D eigenvalue weighted by molar-refractivity contribution is 7.18. The molecule has 28 heavy (non-hydrogen) atoms. The van der Waals surface area contributed by atoms with E-state index in [1.807, 2.05) is 51.4 Å². The summed E-state index contributed by atoms with van der Waals surface area (Å²) >= 11 is 7.75. The van der Waals surface area contributed by atoms with E-state index >= 15 is 0 Å². The number of rotatable bonds is 7. The van der Waals surface area contributed by atoms with E-state index in [2.05, 4.69) is 11.1 Å². The van der Waals surface area contributed by atoms with E-state index in [1.165, 1.54) is 0 Å². The van der Waals surface area contributed by atoms with Gasteiger partial charge in [-0.15, -0.1) is 11.3 Å². The highest BCUT2D eigenvalue weighted by atomic mass is 35.5. The Labute approximate surface area is 174 Å². The number of para-hydroxylation sites is 1. The van der Waals surface area contributed by atoms with Crippen molar-refractivity contribution in [3.8, 4) is 5.75 Å². The molecule has 2 aromatic carbocycles. The summed E-state index contributed by atoms with van der Waals surface area (Å²) in [6, 6.07) is 13.5. The molecule has 7 heteroatoms. The number of halogens is 1. The Kier molecular flexibility index (Phi) is 6.54. The van der Waals surface area contributed by atoms with Gasteiger partial charge in [-0.05, 0) is 37.3 Å². The predicted octanol–water partition coefficient (Wildman–Crippen LogP) is 3.19. The molecule has 0 aliphatic carbocycles. The minimum absolute atomic E-state index is 0.0709. The van der Waals surface area contributed by atoms with Crippen LogP contribution in [-0.2, 0) is 11.3 Å². The monoisotopic (exact) mass is 418 g/mol. The van der Waals surface area contributed by atoms with Gasteiger partial charge in [-0.3, -0.25) is 4.79 Å². The van der Waals surface area contributed by atoms with Gasteiger partial charge >= 0.3 is 0 Å². The molecule has 0 aliphatic heterocycles. The fraction of sp³-hybridized carbons (Fsp3) is 0.333. The number of aromatic nitrogens is 1. The molecule has 3 rings (SSSR count). The molecule has 1 aromatic heterocycles. The van der Waals surface area contributed by atoms with Crippen LogP contribution in [0.1, 0.15) is 23.5 Å². The summed E-state index contributed by atoms with van der Waals surface area (Å²) in [7, 11) is 5.47. The number of carbonyl (C=O) groups excluding carboxylic acids is 1. The van der Waals surface area contributed by atoms with Crippen molar-refractivity contribution in [1.82, 2.24) is 9.88 Å². The largest absolute Gasteiger partial charge is 0.496 e. The van der Waals surface area contributed by atoms with Crippen LogP contribution in [0.3, 0.4) is 0 Å². The summed E-state index contributed by atoms with van der Waals surface area (Å²) in [4.78, 5) is 20.3. The Hall–Kier alpha value is -2.15. The molecule has 0 saturated carbocycles. The van der Waals surface area contributed by atoms with Gasteiger partial charge in [-0.1, -0.05) is 23.7 Å². The summed E-state index contributed by atoms with van der Waals surface area (Å²) in [6.07, 6.45) is 0. The zero-order chi connectivity index (χ0) is 20.3. The van der Waals surface area contributed by atoms with Crippen molar-refractivity contribution in [2.24, 2.45) is 0 Å². The van der Waals surface area contributed by atoms with Gasteiger partial charge in [0.2, 0.25) is 0 Å². The van der Waals surface area contributed by atoms with Gasteiger partial charge in [0.15, 0.2) is 6.54 Å². The zero-order valence-corrected chi connectivity index (χ0v) is 18.1. The summed E-state index contributed by atoms with van der Waals surface area (Å²) in [5, 5.41) is 1.61. The van der Waals surface area contributed by atoms with E-state index in [1.54, 1.807) is 29.4 Å². The Morgan fingerprint density at radius 2 is 2.07 bits per heavy atom. The number of likely N-dealkylation sites (N-methyl/N-ethyl adjacent to an activating group) is 2. The molecule has 5 nitrogen and oxygen atoms in total. The number of nitrogens with zero attached hydrogens (tertiary/aromatic N) is 2. The minimum atomic E-state index is -0.0709. The van der Waals surface area contributed by atoms with Crippen LogP contribution >= 0.6 is 22.9 Å². The molecule has 0 saturated heterocycles. The maximum atomic E-state index is 12.8. The molecule has 3 aromatic rings. The topological polar surface area (TPSA) is 46.9 Å². The summed E-state index contributed by atoms with van der Waals surface area (Å²) in [5.41, 5.74) is 1.97. The van der Waals surface area contributed by atoms with Crippen LogP contribution in [-0.4, -0.2) is 43.5 Å². The van der Waals surface area contributed by atoms with E-state index in [9.17, 15) is 4.79 Å². The van der Waals surface area contributed by atoms with Crippen LogP contribution in [0.5, 0.6) is 5.75 Å². The molecule has 0 fully saturated rings. The van der Waals surface area contributed by atoms with Gasteiger partial charge in [0.1, 0.15) is 17.3 Å². The number of quaternary nitrogens is 1. The number of hydrogen-bond donors (Lipinski definition) is 1. The van der Waals surface area contributed by atoms with Crippen molar-refractivity contribution in [3.05, 3.63) is 58.1 Å². The summed E-state index contributed by atoms with van der Waals surface area (Å²) in [5.74, 6) is 0.859. The molecule has 2 atom stereocenters. The normalized spacial score (nSPS) is 13.3. The lowest BCUT2D eigenvalue weighted by atomic mass is 10.2. The van der Waals surface area contributed by atoms with Crippen LogP contribution in [0.2, 0.25) is 5.02 Å². The first-order chi connectivity index (χ1) is 13.4. The third-order valence-electron chi connectivity index (χ3n) is 4.83. The average Bonchev–Trinajstić information content (AvgIpc) is 3.11. The zero-order valence-electron chi connectivity index (χ0n) is 16.5. The lowest BCUT2D eigenvalue weighted by Crippen LogP contribution is -3.08. The van der Waals surface area contributed by atoms with Gasteiger partial charge in [0, 0.05) is 17.6 Å². The van der Waals surface area contributed by atoms with Crippen molar-refractivity contribution in [3.63, 3.8) is 0 Å². The van der Waals surface area contributed by atoms with Crippen molar-refractivity contribution in [2.45, 2.75) is 19.5 Å². The van der Waals surface area contributed by atoms with Gasteiger partial charge in [-0.25, -0.2) is 4.98 Å². The Balaban J connectivity index is 1.65. The number of methoxy groups -OCH3 is 1. The third-order valence-corrected chi connectivity index (χ3v) is 6.27. The maximum absolute atomic E-state index is 12.8. The standard InChI is InChI=1S/C21H24ClN3O2S/c1-14(21-23-17-7-5-6-8-19(17)28-21)25(3)20(26)13-24(2)12-15-11-16(22)9-10-18(15)27-4/h5-11,14H,12-13H2,1-4H3/p+1/t14-/m1/s1. The molecule has 0 spiro atoms. The highest BCUT2D eigenvalue weighted by Crippen LogP contribution is 2.28. The molecular weight excluding hydrogens is 394 g/mol. The molecular formula is C21H25ClN3O2S+. The number of thiazole rings is 1. The maximum Gasteiger partial charge on any atom is 0.278 e. The lowest BCUT2D eigenvalue weighted by Gasteiger charge is -2.25. The van der Waals surface area contributed by atoms with Crippen molar-refractivity contribution < 1.29 is 14.4 Å². The number of nitrogens with one attached hydrogen (secondary N) is 1. The molecule has 148 valence electrons. The Morgan fingerprint density at radius 3 is 2.79 bits per heavy atom. The molecule has 0 aliphatic rings. The number of carbonyl (C=O) groups is 1. The van der Waals surface area contributed by atoms with E-state index < -0.39 is 0 Å². The number of ether oxygens (including phenoxy) is 1. The van der Waals surface area contributed by atoms with E-state index in [0.717, 1.165) is 31.4 Å². The van der Waals surface area contributed by atoms with Crippen molar-refractivity contribution in [2.75, 3.05) is 27.7 Å².